The van der Waals surface area contributed by atoms with Crippen molar-refractivity contribution >= 4 is 0 Å². The van der Waals surface area contributed by atoms with E-state index in [0.717, 1.165) is 24.1 Å². The summed E-state index contributed by atoms with van der Waals surface area (Å²) in [5.74, 6) is -0.0376. The van der Waals surface area contributed by atoms with E-state index in [2.05, 4.69) is 26.1 Å². The van der Waals surface area contributed by atoms with Crippen LogP contribution in [-0.2, 0) is 5.41 Å². The zero-order chi connectivity index (χ0) is 12.8. The van der Waals surface area contributed by atoms with E-state index in [0.29, 0.717) is 6.04 Å². The van der Waals surface area contributed by atoms with Gasteiger partial charge in [-0.2, -0.15) is 0 Å². The summed E-state index contributed by atoms with van der Waals surface area (Å²) in [6.07, 6.45) is 1.06. The zero-order valence-corrected chi connectivity index (χ0v) is 11.4. The van der Waals surface area contributed by atoms with Crippen LogP contribution in [0.4, 0.5) is 4.39 Å². The lowest BCUT2D eigenvalue weighted by atomic mass is 9.85. The molecule has 1 aromatic rings. The number of hydrogen-bond donors (Lipinski definition) is 1. The largest absolute Gasteiger partial charge is 0.310 e. The molecule has 0 bridgehead atoms. The second-order valence-electron chi connectivity index (χ2n) is 5.79. The van der Waals surface area contributed by atoms with Crippen LogP contribution in [0.2, 0.25) is 0 Å². The molecule has 0 saturated carbocycles. The van der Waals surface area contributed by atoms with E-state index in [4.69, 9.17) is 0 Å². The van der Waals surface area contributed by atoms with Gasteiger partial charge in [0, 0.05) is 6.04 Å². The van der Waals surface area contributed by atoms with Gasteiger partial charge in [-0.3, -0.25) is 0 Å². The molecule has 1 atom stereocenters. The van der Waals surface area contributed by atoms with Gasteiger partial charge in [0.1, 0.15) is 5.82 Å². The van der Waals surface area contributed by atoms with Crippen molar-refractivity contribution in [3.8, 4) is 0 Å². The molecular weight excluding hydrogens is 213 g/mol. The maximum atomic E-state index is 14.0. The highest BCUT2D eigenvalue weighted by molar-refractivity contribution is 5.49. The maximum absolute atomic E-state index is 14.0. The average Bonchev–Trinajstić information content (AvgIpc) is 2.48. The Morgan fingerprint density at radius 2 is 2.06 bits per heavy atom. The molecule has 0 heterocycles. The highest BCUT2D eigenvalue weighted by atomic mass is 19.1. The Kier molecular flexibility index (Phi) is 3.03. The Hall–Kier alpha value is -0.890. The second kappa shape index (κ2) is 4.09. The Morgan fingerprint density at radius 1 is 1.41 bits per heavy atom. The molecule has 1 nitrogen and oxygen atoms in total. The molecule has 1 unspecified atom stereocenters. The van der Waals surface area contributed by atoms with Crippen LogP contribution in [0, 0.1) is 19.7 Å². The van der Waals surface area contributed by atoms with Crippen LogP contribution in [0.15, 0.2) is 6.07 Å². The third-order valence-electron chi connectivity index (χ3n) is 3.97. The van der Waals surface area contributed by atoms with E-state index in [1.807, 2.05) is 19.9 Å². The summed E-state index contributed by atoms with van der Waals surface area (Å²) in [6.45, 7) is 11.3. The quantitative estimate of drug-likeness (QED) is 0.822. The first-order valence-corrected chi connectivity index (χ1v) is 6.42. The molecule has 0 aliphatic heterocycles. The van der Waals surface area contributed by atoms with Gasteiger partial charge in [0.05, 0.1) is 0 Å². The molecule has 0 spiro atoms. The highest BCUT2D eigenvalue weighted by Crippen LogP contribution is 2.46. The van der Waals surface area contributed by atoms with Crippen LogP contribution in [0.1, 0.15) is 55.5 Å². The first kappa shape index (κ1) is 12.6. The molecular formula is C15H22FN. The molecule has 0 amide bonds. The molecule has 94 valence electrons. The summed E-state index contributed by atoms with van der Waals surface area (Å²) in [5.41, 5.74) is 4.26. The number of halogens is 1. The summed E-state index contributed by atoms with van der Waals surface area (Å²) in [6, 6.07) is 2.34. The molecule has 1 N–H and O–H groups in total. The Morgan fingerprint density at radius 3 is 2.65 bits per heavy atom. The topological polar surface area (TPSA) is 12.0 Å². The van der Waals surface area contributed by atoms with Crippen molar-refractivity contribution in [2.45, 2.75) is 52.5 Å². The fourth-order valence-corrected chi connectivity index (χ4v) is 3.13. The standard InChI is InChI=1S/C15H22FN/c1-6-17-12-8-15(4,5)11-7-9(2)14(16)10(3)13(11)12/h7,12,17H,6,8H2,1-5H3. The fourth-order valence-electron chi connectivity index (χ4n) is 3.13. The molecule has 0 radical (unpaired) electrons. The van der Waals surface area contributed by atoms with Gasteiger partial charge in [0.2, 0.25) is 0 Å². The van der Waals surface area contributed by atoms with E-state index < -0.39 is 0 Å². The van der Waals surface area contributed by atoms with Gasteiger partial charge in [-0.15, -0.1) is 0 Å². The lowest BCUT2D eigenvalue weighted by Crippen LogP contribution is -2.21. The van der Waals surface area contributed by atoms with Gasteiger partial charge in [-0.25, -0.2) is 4.39 Å². The van der Waals surface area contributed by atoms with E-state index in [-0.39, 0.29) is 11.2 Å². The Labute approximate surface area is 103 Å². The monoisotopic (exact) mass is 235 g/mol. The van der Waals surface area contributed by atoms with Crippen LogP contribution in [0.3, 0.4) is 0 Å². The molecule has 1 aliphatic rings. The third kappa shape index (κ3) is 1.89. The van der Waals surface area contributed by atoms with Crippen molar-refractivity contribution < 1.29 is 4.39 Å². The summed E-state index contributed by atoms with van der Waals surface area (Å²) in [4.78, 5) is 0. The van der Waals surface area contributed by atoms with Gasteiger partial charge >= 0.3 is 0 Å². The SMILES string of the molecule is CCNC1CC(C)(C)c2cc(C)c(F)c(C)c21. The lowest BCUT2D eigenvalue weighted by molar-refractivity contribution is 0.433. The van der Waals surface area contributed by atoms with Gasteiger partial charge in [-0.05, 0) is 54.5 Å². The number of benzene rings is 1. The van der Waals surface area contributed by atoms with Gasteiger partial charge < -0.3 is 5.32 Å². The van der Waals surface area contributed by atoms with Gasteiger partial charge in [0.15, 0.2) is 0 Å². The van der Waals surface area contributed by atoms with Crippen LogP contribution in [-0.4, -0.2) is 6.54 Å². The predicted octanol–water partition coefficient (Wildman–Crippen LogP) is 3.77. The average molecular weight is 235 g/mol. The molecule has 0 saturated heterocycles. The highest BCUT2D eigenvalue weighted by Gasteiger charge is 2.38. The van der Waals surface area contributed by atoms with Crippen LogP contribution >= 0.6 is 0 Å². The first-order chi connectivity index (χ1) is 7.88. The molecule has 1 aliphatic carbocycles. The van der Waals surface area contributed by atoms with Crippen molar-refractivity contribution in [1.82, 2.24) is 5.32 Å². The Bertz CT molecular complexity index is 449. The molecule has 0 fully saturated rings. The van der Waals surface area contributed by atoms with Crippen molar-refractivity contribution in [3.05, 3.63) is 34.1 Å². The smallest absolute Gasteiger partial charge is 0.129 e. The lowest BCUT2D eigenvalue weighted by Gasteiger charge is -2.20. The minimum Gasteiger partial charge on any atom is -0.310 e. The van der Waals surface area contributed by atoms with Crippen molar-refractivity contribution in [1.29, 1.82) is 0 Å². The number of fused-ring (bicyclic) bond motifs is 1. The number of rotatable bonds is 2. The zero-order valence-electron chi connectivity index (χ0n) is 11.4. The van der Waals surface area contributed by atoms with Crippen LogP contribution < -0.4 is 5.32 Å². The first-order valence-electron chi connectivity index (χ1n) is 6.42. The fraction of sp³-hybridized carbons (Fsp3) is 0.600. The molecule has 2 heteroatoms. The Balaban J connectivity index is 2.62. The van der Waals surface area contributed by atoms with Crippen LogP contribution in [0.5, 0.6) is 0 Å². The summed E-state index contributed by atoms with van der Waals surface area (Å²) in [7, 11) is 0. The summed E-state index contributed by atoms with van der Waals surface area (Å²) < 4.78 is 14.0. The van der Waals surface area contributed by atoms with E-state index in [1.165, 1.54) is 11.1 Å². The summed E-state index contributed by atoms with van der Waals surface area (Å²) in [5, 5.41) is 3.48. The molecule has 17 heavy (non-hydrogen) atoms. The third-order valence-corrected chi connectivity index (χ3v) is 3.97. The van der Waals surface area contributed by atoms with Gasteiger partial charge in [-0.1, -0.05) is 26.8 Å². The number of aryl methyl sites for hydroxylation is 1. The minimum absolute atomic E-state index is 0.0376. The van der Waals surface area contributed by atoms with Crippen molar-refractivity contribution in [2.75, 3.05) is 6.54 Å². The second-order valence-corrected chi connectivity index (χ2v) is 5.79. The van der Waals surface area contributed by atoms with Crippen molar-refractivity contribution in [2.24, 2.45) is 0 Å². The van der Waals surface area contributed by atoms with Crippen molar-refractivity contribution in [3.63, 3.8) is 0 Å². The number of hydrogen-bond acceptors (Lipinski definition) is 1. The minimum atomic E-state index is -0.0376. The summed E-state index contributed by atoms with van der Waals surface area (Å²) >= 11 is 0. The molecule has 0 aromatic heterocycles. The van der Waals surface area contributed by atoms with E-state index in [1.54, 1.807) is 0 Å². The van der Waals surface area contributed by atoms with Gasteiger partial charge in [0.25, 0.3) is 0 Å². The van der Waals surface area contributed by atoms with E-state index >= 15 is 0 Å². The molecule has 2 rings (SSSR count). The normalized spacial score (nSPS) is 21.6. The maximum Gasteiger partial charge on any atom is 0.129 e. The van der Waals surface area contributed by atoms with E-state index in [9.17, 15) is 4.39 Å². The van der Waals surface area contributed by atoms with Crippen LogP contribution in [0.25, 0.3) is 0 Å². The number of nitrogens with one attached hydrogen (secondary N) is 1. The molecule has 1 aromatic carbocycles. The predicted molar refractivity (Wildman–Crippen MR) is 69.9 cm³/mol.